The molecule has 5 nitrogen and oxygen atoms in total. The van der Waals surface area contributed by atoms with Crippen LogP contribution in [0.4, 0.5) is 0 Å². The SMILES string of the molecule is Cn1nc(CNC(=O)c2cccc(Cl)c2)cc1-c1ccncc1. The van der Waals surface area contributed by atoms with Crippen LogP contribution < -0.4 is 5.32 Å². The average Bonchev–Trinajstić information content (AvgIpc) is 2.94. The quantitative estimate of drug-likeness (QED) is 0.801. The van der Waals surface area contributed by atoms with Gasteiger partial charge in [-0.05, 0) is 36.4 Å². The number of benzene rings is 1. The summed E-state index contributed by atoms with van der Waals surface area (Å²) in [4.78, 5) is 16.1. The van der Waals surface area contributed by atoms with Gasteiger partial charge >= 0.3 is 0 Å². The Kier molecular flexibility index (Phi) is 4.39. The summed E-state index contributed by atoms with van der Waals surface area (Å²) in [6, 6.07) is 12.6. The van der Waals surface area contributed by atoms with E-state index in [4.69, 9.17) is 11.6 Å². The molecule has 2 heterocycles. The van der Waals surface area contributed by atoms with Gasteiger partial charge in [0.2, 0.25) is 0 Å². The van der Waals surface area contributed by atoms with Gasteiger partial charge in [0.1, 0.15) is 0 Å². The van der Waals surface area contributed by atoms with Crippen molar-refractivity contribution in [1.82, 2.24) is 20.1 Å². The monoisotopic (exact) mass is 326 g/mol. The fraction of sp³-hybridized carbons (Fsp3) is 0.118. The summed E-state index contributed by atoms with van der Waals surface area (Å²) in [7, 11) is 1.87. The molecule has 0 aliphatic rings. The van der Waals surface area contributed by atoms with E-state index in [-0.39, 0.29) is 5.91 Å². The van der Waals surface area contributed by atoms with E-state index in [1.54, 1.807) is 41.3 Å². The minimum atomic E-state index is -0.177. The van der Waals surface area contributed by atoms with E-state index in [0.29, 0.717) is 17.1 Å². The van der Waals surface area contributed by atoms with E-state index in [0.717, 1.165) is 17.0 Å². The summed E-state index contributed by atoms with van der Waals surface area (Å²) in [5, 5.41) is 7.81. The van der Waals surface area contributed by atoms with Gasteiger partial charge in [0.25, 0.3) is 5.91 Å². The Morgan fingerprint density at radius 1 is 1.22 bits per heavy atom. The van der Waals surface area contributed by atoms with Gasteiger partial charge in [-0.2, -0.15) is 5.10 Å². The van der Waals surface area contributed by atoms with E-state index in [1.165, 1.54) is 0 Å². The minimum Gasteiger partial charge on any atom is -0.346 e. The number of amides is 1. The third-order valence-electron chi connectivity index (χ3n) is 3.42. The molecule has 3 rings (SSSR count). The van der Waals surface area contributed by atoms with Crippen LogP contribution in [0.25, 0.3) is 11.3 Å². The normalized spacial score (nSPS) is 10.5. The number of halogens is 1. The Morgan fingerprint density at radius 3 is 2.74 bits per heavy atom. The highest BCUT2D eigenvalue weighted by Gasteiger charge is 2.10. The molecule has 0 fully saturated rings. The lowest BCUT2D eigenvalue weighted by atomic mass is 10.2. The molecule has 0 spiro atoms. The van der Waals surface area contributed by atoms with Crippen LogP contribution in [0.3, 0.4) is 0 Å². The van der Waals surface area contributed by atoms with Gasteiger partial charge in [0.15, 0.2) is 0 Å². The average molecular weight is 327 g/mol. The fourth-order valence-electron chi connectivity index (χ4n) is 2.31. The van der Waals surface area contributed by atoms with Crippen LogP contribution in [0.5, 0.6) is 0 Å². The largest absolute Gasteiger partial charge is 0.346 e. The molecule has 0 saturated carbocycles. The molecule has 0 radical (unpaired) electrons. The van der Waals surface area contributed by atoms with Crippen molar-refractivity contribution in [3.8, 4) is 11.3 Å². The number of carbonyl (C=O) groups excluding carboxylic acids is 1. The molecule has 0 atom stereocenters. The molecular weight excluding hydrogens is 312 g/mol. The van der Waals surface area contributed by atoms with E-state index in [1.807, 2.05) is 25.2 Å². The van der Waals surface area contributed by atoms with Gasteiger partial charge in [0.05, 0.1) is 17.9 Å². The summed E-state index contributed by atoms with van der Waals surface area (Å²) in [6.07, 6.45) is 3.48. The van der Waals surface area contributed by atoms with Crippen LogP contribution in [0.15, 0.2) is 54.9 Å². The first-order chi connectivity index (χ1) is 11.1. The Hall–Kier alpha value is -2.66. The Labute approximate surface area is 138 Å². The first-order valence-corrected chi connectivity index (χ1v) is 7.48. The van der Waals surface area contributed by atoms with E-state index < -0.39 is 0 Å². The topological polar surface area (TPSA) is 59.8 Å². The first-order valence-electron chi connectivity index (χ1n) is 7.10. The van der Waals surface area contributed by atoms with Crippen LogP contribution in [0.2, 0.25) is 5.02 Å². The van der Waals surface area contributed by atoms with E-state index in [9.17, 15) is 4.79 Å². The molecule has 23 heavy (non-hydrogen) atoms. The van der Waals surface area contributed by atoms with Crippen molar-refractivity contribution < 1.29 is 4.79 Å². The van der Waals surface area contributed by atoms with Crippen molar-refractivity contribution in [3.05, 3.63) is 71.1 Å². The predicted octanol–water partition coefficient (Wildman–Crippen LogP) is 3.07. The second kappa shape index (κ2) is 6.62. The van der Waals surface area contributed by atoms with E-state index >= 15 is 0 Å². The Bertz CT molecular complexity index is 830. The molecule has 3 aromatic rings. The van der Waals surface area contributed by atoms with E-state index in [2.05, 4.69) is 15.4 Å². The predicted molar refractivity (Wildman–Crippen MR) is 89.1 cm³/mol. The summed E-state index contributed by atoms with van der Waals surface area (Å²) in [5.41, 5.74) is 3.32. The van der Waals surface area contributed by atoms with Crippen molar-refractivity contribution in [3.63, 3.8) is 0 Å². The molecule has 1 N–H and O–H groups in total. The maximum Gasteiger partial charge on any atom is 0.251 e. The maximum atomic E-state index is 12.1. The summed E-state index contributed by atoms with van der Waals surface area (Å²) in [6.45, 7) is 0.351. The van der Waals surface area contributed by atoms with Gasteiger partial charge in [0, 0.05) is 35.6 Å². The molecule has 0 unspecified atom stereocenters. The molecule has 0 saturated heterocycles. The van der Waals surface area contributed by atoms with Gasteiger partial charge in [-0.15, -0.1) is 0 Å². The number of aromatic nitrogens is 3. The van der Waals surface area contributed by atoms with Crippen LogP contribution in [0.1, 0.15) is 16.1 Å². The number of nitrogens with one attached hydrogen (secondary N) is 1. The highest BCUT2D eigenvalue weighted by molar-refractivity contribution is 6.30. The number of carbonyl (C=O) groups is 1. The second-order valence-corrected chi connectivity index (χ2v) is 5.51. The first kappa shape index (κ1) is 15.2. The van der Waals surface area contributed by atoms with Crippen LogP contribution in [-0.4, -0.2) is 20.7 Å². The molecule has 6 heteroatoms. The number of aryl methyl sites for hydroxylation is 1. The van der Waals surface area contributed by atoms with Crippen molar-refractivity contribution in [2.24, 2.45) is 7.05 Å². The maximum absolute atomic E-state index is 12.1. The van der Waals surface area contributed by atoms with Crippen LogP contribution in [-0.2, 0) is 13.6 Å². The summed E-state index contributed by atoms with van der Waals surface area (Å²) >= 11 is 5.90. The highest BCUT2D eigenvalue weighted by Crippen LogP contribution is 2.18. The van der Waals surface area contributed by atoms with Gasteiger partial charge in [-0.25, -0.2) is 0 Å². The molecule has 1 amide bonds. The van der Waals surface area contributed by atoms with Crippen molar-refractivity contribution >= 4 is 17.5 Å². The molecule has 0 aliphatic heterocycles. The lowest BCUT2D eigenvalue weighted by Crippen LogP contribution is -2.23. The van der Waals surface area contributed by atoms with Gasteiger partial charge < -0.3 is 5.32 Å². The van der Waals surface area contributed by atoms with Crippen molar-refractivity contribution in [1.29, 1.82) is 0 Å². The van der Waals surface area contributed by atoms with Gasteiger partial charge in [-0.1, -0.05) is 17.7 Å². The molecule has 0 aliphatic carbocycles. The number of pyridine rings is 1. The standard InChI is InChI=1S/C17H15ClN4O/c1-22-16(12-5-7-19-8-6-12)10-15(21-22)11-20-17(23)13-3-2-4-14(18)9-13/h2-10H,11H2,1H3,(H,20,23). The smallest absolute Gasteiger partial charge is 0.251 e. The van der Waals surface area contributed by atoms with Crippen LogP contribution >= 0.6 is 11.6 Å². The third kappa shape index (κ3) is 3.57. The lowest BCUT2D eigenvalue weighted by molar-refractivity contribution is 0.0950. The Balaban J connectivity index is 1.71. The molecule has 0 bridgehead atoms. The molecule has 1 aromatic carbocycles. The number of nitrogens with zero attached hydrogens (tertiary/aromatic N) is 3. The number of hydrogen-bond acceptors (Lipinski definition) is 3. The molecule has 2 aromatic heterocycles. The Morgan fingerprint density at radius 2 is 2.00 bits per heavy atom. The lowest BCUT2D eigenvalue weighted by Gasteiger charge is -2.03. The van der Waals surface area contributed by atoms with Gasteiger partial charge in [-0.3, -0.25) is 14.5 Å². The zero-order chi connectivity index (χ0) is 16.2. The summed E-state index contributed by atoms with van der Waals surface area (Å²) < 4.78 is 1.79. The molecular formula is C17H15ClN4O. The zero-order valence-electron chi connectivity index (χ0n) is 12.5. The van der Waals surface area contributed by atoms with Crippen LogP contribution in [0, 0.1) is 0 Å². The number of rotatable bonds is 4. The third-order valence-corrected chi connectivity index (χ3v) is 3.66. The van der Waals surface area contributed by atoms with Crippen molar-refractivity contribution in [2.45, 2.75) is 6.54 Å². The second-order valence-electron chi connectivity index (χ2n) is 5.07. The fourth-order valence-corrected chi connectivity index (χ4v) is 2.50. The zero-order valence-corrected chi connectivity index (χ0v) is 13.3. The summed E-state index contributed by atoms with van der Waals surface area (Å²) in [5.74, 6) is -0.177. The minimum absolute atomic E-state index is 0.177. The number of hydrogen-bond donors (Lipinski definition) is 1. The highest BCUT2D eigenvalue weighted by atomic mass is 35.5. The molecule has 116 valence electrons. The van der Waals surface area contributed by atoms with Crippen molar-refractivity contribution in [2.75, 3.05) is 0 Å².